The van der Waals surface area contributed by atoms with Crippen molar-refractivity contribution in [1.82, 2.24) is 14.5 Å². The predicted octanol–water partition coefficient (Wildman–Crippen LogP) is 1.44. The third-order valence-electron chi connectivity index (χ3n) is 4.65. The number of ketones is 1. The Bertz CT molecular complexity index is 683. The number of piperazine rings is 1. The molecule has 6 nitrogen and oxygen atoms in total. The molecule has 25 heavy (non-hydrogen) atoms. The van der Waals surface area contributed by atoms with Crippen molar-refractivity contribution in [1.29, 1.82) is 0 Å². The molecule has 2 rings (SSSR count). The number of hydrogen-bond donors (Lipinski definition) is 1. The van der Waals surface area contributed by atoms with Crippen molar-refractivity contribution >= 4 is 15.8 Å². The van der Waals surface area contributed by atoms with Gasteiger partial charge in [0.2, 0.25) is 10.0 Å². The van der Waals surface area contributed by atoms with E-state index in [-0.39, 0.29) is 16.6 Å². The van der Waals surface area contributed by atoms with Crippen LogP contribution in [0.1, 0.15) is 31.1 Å². The highest BCUT2D eigenvalue weighted by Crippen LogP contribution is 2.13. The molecule has 0 spiro atoms. The largest absolute Gasteiger partial charge is 0.301 e. The van der Waals surface area contributed by atoms with E-state index in [9.17, 15) is 13.2 Å². The van der Waals surface area contributed by atoms with Gasteiger partial charge in [-0.15, -0.1) is 0 Å². The van der Waals surface area contributed by atoms with Crippen molar-refractivity contribution < 1.29 is 13.2 Å². The Hall–Kier alpha value is -1.28. The molecule has 1 saturated heterocycles. The second kappa shape index (κ2) is 8.89. The smallest absolute Gasteiger partial charge is 0.240 e. The number of Topliss-reactive ketones (excluding diaryl/α,β-unsaturated/α-hetero) is 1. The lowest BCUT2D eigenvalue weighted by Gasteiger charge is -2.35. The van der Waals surface area contributed by atoms with E-state index in [1.54, 1.807) is 12.1 Å². The summed E-state index contributed by atoms with van der Waals surface area (Å²) in [5.74, 6) is 0.0792. The van der Waals surface area contributed by atoms with Gasteiger partial charge in [-0.3, -0.25) is 4.79 Å². The first-order valence-corrected chi connectivity index (χ1v) is 10.4. The van der Waals surface area contributed by atoms with E-state index in [1.165, 1.54) is 19.1 Å². The molecule has 0 bridgehead atoms. The number of rotatable bonds is 8. The van der Waals surface area contributed by atoms with E-state index in [0.29, 0.717) is 12.1 Å². The average Bonchev–Trinajstić information content (AvgIpc) is 2.61. The van der Waals surface area contributed by atoms with Crippen LogP contribution < -0.4 is 4.72 Å². The van der Waals surface area contributed by atoms with Gasteiger partial charge in [-0.25, -0.2) is 13.1 Å². The van der Waals surface area contributed by atoms with Crippen LogP contribution in [0.5, 0.6) is 0 Å². The molecule has 1 aromatic rings. The van der Waals surface area contributed by atoms with Gasteiger partial charge in [0.05, 0.1) is 4.90 Å². The Morgan fingerprint density at radius 3 is 2.44 bits per heavy atom. The number of carbonyl (C=O) groups is 1. The Labute approximate surface area is 151 Å². The number of likely N-dealkylation sites (N-methyl/N-ethyl adjacent to an activating group) is 1. The minimum Gasteiger partial charge on any atom is -0.301 e. The molecule has 1 unspecified atom stereocenters. The number of sulfonamides is 1. The average molecular weight is 368 g/mol. The maximum absolute atomic E-state index is 12.4. The van der Waals surface area contributed by atoms with Crippen molar-refractivity contribution in [2.75, 3.05) is 45.8 Å². The zero-order chi connectivity index (χ0) is 18.4. The summed E-state index contributed by atoms with van der Waals surface area (Å²) in [5, 5.41) is 0. The Morgan fingerprint density at radius 2 is 1.84 bits per heavy atom. The monoisotopic (exact) mass is 367 g/mol. The highest BCUT2D eigenvalue weighted by atomic mass is 32.2. The van der Waals surface area contributed by atoms with E-state index < -0.39 is 10.0 Å². The fourth-order valence-electron chi connectivity index (χ4n) is 3.01. The molecule has 1 N–H and O–H groups in total. The highest BCUT2D eigenvalue weighted by Gasteiger charge is 2.20. The van der Waals surface area contributed by atoms with E-state index in [2.05, 4.69) is 28.4 Å². The lowest BCUT2D eigenvalue weighted by atomic mass is 10.1. The molecule has 7 heteroatoms. The Kier molecular flexibility index (Phi) is 7.13. The molecule has 0 aliphatic carbocycles. The van der Waals surface area contributed by atoms with Crippen LogP contribution in [-0.2, 0) is 10.0 Å². The Morgan fingerprint density at radius 1 is 1.20 bits per heavy atom. The topological polar surface area (TPSA) is 69.7 Å². The summed E-state index contributed by atoms with van der Waals surface area (Å²) in [6.07, 6.45) is 0. The lowest BCUT2D eigenvalue weighted by molar-refractivity contribution is 0.101. The van der Waals surface area contributed by atoms with Crippen LogP contribution >= 0.6 is 0 Å². The van der Waals surface area contributed by atoms with Crippen LogP contribution in [0.15, 0.2) is 29.2 Å². The van der Waals surface area contributed by atoms with Gasteiger partial charge in [-0.2, -0.15) is 0 Å². The summed E-state index contributed by atoms with van der Waals surface area (Å²) < 4.78 is 27.6. The molecule has 1 aliphatic heterocycles. The molecule has 1 heterocycles. The quantitative estimate of drug-likeness (QED) is 0.704. The van der Waals surface area contributed by atoms with Crippen LogP contribution in [0.2, 0.25) is 0 Å². The first-order valence-electron chi connectivity index (χ1n) is 8.87. The SMILES string of the molecule is CCN1CCN(CC(C)CNS(=O)(=O)c2cccc(C(C)=O)c2)CC1. The second-order valence-corrected chi connectivity index (χ2v) is 8.54. The van der Waals surface area contributed by atoms with Crippen LogP contribution in [-0.4, -0.2) is 69.8 Å². The van der Waals surface area contributed by atoms with Gasteiger partial charge >= 0.3 is 0 Å². The lowest BCUT2D eigenvalue weighted by Crippen LogP contribution is -2.48. The van der Waals surface area contributed by atoms with E-state index in [4.69, 9.17) is 0 Å². The summed E-state index contributed by atoms with van der Waals surface area (Å²) >= 11 is 0. The van der Waals surface area contributed by atoms with Crippen LogP contribution in [0.3, 0.4) is 0 Å². The van der Waals surface area contributed by atoms with Gasteiger partial charge in [0.25, 0.3) is 0 Å². The van der Waals surface area contributed by atoms with Crippen LogP contribution in [0, 0.1) is 5.92 Å². The number of nitrogens with one attached hydrogen (secondary N) is 1. The van der Waals surface area contributed by atoms with Crippen molar-refractivity contribution in [3.8, 4) is 0 Å². The fraction of sp³-hybridized carbons (Fsp3) is 0.611. The highest BCUT2D eigenvalue weighted by molar-refractivity contribution is 7.89. The van der Waals surface area contributed by atoms with Gasteiger partial charge in [-0.1, -0.05) is 26.0 Å². The van der Waals surface area contributed by atoms with Gasteiger partial charge in [-0.05, 0) is 31.5 Å². The Balaban J connectivity index is 1.87. The third kappa shape index (κ3) is 5.88. The number of carbonyl (C=O) groups excluding carboxylic acids is 1. The molecule has 1 atom stereocenters. The molecule has 1 fully saturated rings. The van der Waals surface area contributed by atoms with Crippen molar-refractivity contribution in [2.45, 2.75) is 25.7 Å². The predicted molar refractivity (Wildman–Crippen MR) is 99.4 cm³/mol. The minimum absolute atomic E-state index is 0.142. The standard InChI is InChI=1S/C18H29N3O3S/c1-4-20-8-10-21(11-9-20)14-15(2)13-19-25(23,24)18-7-5-6-17(12-18)16(3)22/h5-7,12,15,19H,4,8-11,13-14H2,1-3H3. The molecule has 0 saturated carbocycles. The summed E-state index contributed by atoms with van der Waals surface area (Å²) in [6, 6.07) is 6.17. The molecule has 140 valence electrons. The van der Waals surface area contributed by atoms with E-state index in [0.717, 1.165) is 39.3 Å². The first kappa shape index (κ1) is 20.0. The van der Waals surface area contributed by atoms with Crippen LogP contribution in [0.4, 0.5) is 0 Å². The van der Waals surface area contributed by atoms with Crippen molar-refractivity contribution in [3.63, 3.8) is 0 Å². The zero-order valence-electron chi connectivity index (χ0n) is 15.4. The maximum Gasteiger partial charge on any atom is 0.240 e. The normalized spacial score (nSPS) is 18.2. The minimum atomic E-state index is -3.59. The summed E-state index contributed by atoms with van der Waals surface area (Å²) in [6.45, 7) is 12.2. The summed E-state index contributed by atoms with van der Waals surface area (Å²) in [5.41, 5.74) is 0.407. The molecule has 0 radical (unpaired) electrons. The number of nitrogens with zero attached hydrogens (tertiary/aromatic N) is 2. The summed E-state index contributed by atoms with van der Waals surface area (Å²) in [4.78, 5) is 16.4. The molecular weight excluding hydrogens is 338 g/mol. The molecule has 0 amide bonds. The summed E-state index contributed by atoms with van der Waals surface area (Å²) in [7, 11) is -3.59. The number of benzene rings is 1. The number of hydrogen-bond acceptors (Lipinski definition) is 5. The first-order chi connectivity index (χ1) is 11.8. The van der Waals surface area contributed by atoms with Crippen LogP contribution in [0.25, 0.3) is 0 Å². The molecule has 0 aromatic heterocycles. The molecular formula is C18H29N3O3S. The maximum atomic E-state index is 12.4. The van der Waals surface area contributed by atoms with Gasteiger partial charge in [0, 0.05) is 44.8 Å². The third-order valence-corrected chi connectivity index (χ3v) is 6.08. The fourth-order valence-corrected chi connectivity index (χ4v) is 4.22. The van der Waals surface area contributed by atoms with Gasteiger partial charge in [0.1, 0.15) is 0 Å². The zero-order valence-corrected chi connectivity index (χ0v) is 16.2. The van der Waals surface area contributed by atoms with Crippen molar-refractivity contribution in [2.24, 2.45) is 5.92 Å². The van der Waals surface area contributed by atoms with Crippen molar-refractivity contribution in [3.05, 3.63) is 29.8 Å². The molecule has 1 aliphatic rings. The van der Waals surface area contributed by atoms with Gasteiger partial charge < -0.3 is 9.80 Å². The van der Waals surface area contributed by atoms with Gasteiger partial charge in [0.15, 0.2) is 5.78 Å². The van der Waals surface area contributed by atoms with E-state index in [1.807, 2.05) is 0 Å². The second-order valence-electron chi connectivity index (χ2n) is 6.78. The van der Waals surface area contributed by atoms with E-state index >= 15 is 0 Å². The molecule has 1 aromatic carbocycles.